The Bertz CT molecular complexity index is 560. The summed E-state index contributed by atoms with van der Waals surface area (Å²) in [7, 11) is 0. The molecule has 1 nitrogen and oxygen atoms in total. The van der Waals surface area contributed by atoms with Crippen molar-refractivity contribution in [1.29, 1.82) is 0 Å². The predicted octanol–water partition coefficient (Wildman–Crippen LogP) is 4.80. The third-order valence-electron chi connectivity index (χ3n) is 6.44. The van der Waals surface area contributed by atoms with Gasteiger partial charge in [0.25, 0.3) is 0 Å². The van der Waals surface area contributed by atoms with Crippen molar-refractivity contribution in [2.24, 2.45) is 17.3 Å². The summed E-state index contributed by atoms with van der Waals surface area (Å²) in [5.41, 5.74) is 3.09. The summed E-state index contributed by atoms with van der Waals surface area (Å²) in [6, 6.07) is 9.14. The first-order valence-corrected chi connectivity index (χ1v) is 9.34. The molecule has 2 atom stereocenters. The molecule has 4 fully saturated rings. The average molecular weight is 347 g/mol. The van der Waals surface area contributed by atoms with Gasteiger partial charge in [-0.25, -0.2) is 0 Å². The van der Waals surface area contributed by atoms with Crippen molar-refractivity contribution in [3.63, 3.8) is 0 Å². The minimum Gasteiger partial charge on any atom is -0.298 e. The first-order chi connectivity index (χ1) is 10.1. The molecule has 1 aromatic carbocycles. The van der Waals surface area contributed by atoms with Gasteiger partial charge in [0.05, 0.1) is 5.33 Å². The minimum atomic E-state index is -0.0154. The van der Waals surface area contributed by atoms with E-state index in [1.165, 1.54) is 30.4 Å². The van der Waals surface area contributed by atoms with Crippen molar-refractivity contribution in [1.82, 2.24) is 0 Å². The van der Waals surface area contributed by atoms with E-state index < -0.39 is 0 Å². The molecule has 0 aromatic heterocycles. The number of Topliss-reactive ketones (excluding diaryl/α,β-unsaturated/α-hetero) is 1. The highest BCUT2D eigenvalue weighted by atomic mass is 79.9. The molecular formula is C19H23BrO. The largest absolute Gasteiger partial charge is 0.298 e. The zero-order valence-corrected chi connectivity index (χ0v) is 14.3. The topological polar surface area (TPSA) is 17.1 Å². The number of carbonyl (C=O) groups excluding carboxylic acids is 1. The van der Waals surface area contributed by atoms with Crippen LogP contribution in [-0.2, 0) is 10.2 Å². The molecule has 0 saturated heterocycles. The fourth-order valence-electron chi connectivity index (χ4n) is 5.98. The molecule has 5 rings (SSSR count). The highest BCUT2D eigenvalue weighted by Crippen LogP contribution is 2.66. The van der Waals surface area contributed by atoms with Gasteiger partial charge in [0.15, 0.2) is 0 Å². The average Bonchev–Trinajstić information content (AvgIpc) is 2.45. The summed E-state index contributed by atoms with van der Waals surface area (Å²) in [5.74, 6) is 2.01. The first-order valence-electron chi connectivity index (χ1n) is 8.22. The predicted molar refractivity (Wildman–Crippen MR) is 88.8 cm³/mol. The molecule has 0 N–H and O–H groups in total. The number of halogens is 1. The zero-order valence-electron chi connectivity index (χ0n) is 12.7. The minimum absolute atomic E-state index is 0.0154. The molecule has 0 amide bonds. The molecule has 2 unspecified atom stereocenters. The van der Waals surface area contributed by atoms with Crippen molar-refractivity contribution in [3.05, 3.63) is 35.4 Å². The quantitative estimate of drug-likeness (QED) is 0.718. The van der Waals surface area contributed by atoms with Gasteiger partial charge >= 0.3 is 0 Å². The summed E-state index contributed by atoms with van der Waals surface area (Å²) in [6.45, 7) is 2.15. The number of ketones is 1. The van der Waals surface area contributed by atoms with E-state index in [4.69, 9.17) is 0 Å². The van der Waals surface area contributed by atoms with Crippen LogP contribution >= 0.6 is 15.9 Å². The van der Waals surface area contributed by atoms with E-state index in [-0.39, 0.29) is 10.8 Å². The fraction of sp³-hybridized carbons (Fsp3) is 0.632. The van der Waals surface area contributed by atoms with Crippen molar-refractivity contribution >= 4 is 21.7 Å². The molecule has 4 aliphatic rings. The maximum absolute atomic E-state index is 12.6. The molecule has 0 heterocycles. The highest BCUT2D eigenvalue weighted by Gasteiger charge is 2.60. The number of carbonyl (C=O) groups is 1. The second-order valence-corrected chi connectivity index (χ2v) is 8.51. The maximum atomic E-state index is 12.6. The Kier molecular flexibility index (Phi) is 3.12. The van der Waals surface area contributed by atoms with E-state index in [0.29, 0.717) is 11.1 Å². The van der Waals surface area contributed by atoms with Crippen LogP contribution in [0.2, 0.25) is 0 Å². The molecule has 2 heteroatoms. The van der Waals surface area contributed by atoms with Gasteiger partial charge in [-0.05, 0) is 68.3 Å². The Hall–Kier alpha value is -0.630. The first kappa shape index (κ1) is 14.0. The van der Waals surface area contributed by atoms with Crippen LogP contribution in [0, 0.1) is 24.2 Å². The van der Waals surface area contributed by atoms with Gasteiger partial charge in [-0.1, -0.05) is 45.8 Å². The number of hydrogen-bond acceptors (Lipinski definition) is 1. The van der Waals surface area contributed by atoms with Crippen LogP contribution in [0.3, 0.4) is 0 Å². The van der Waals surface area contributed by atoms with Crippen LogP contribution in [0.5, 0.6) is 0 Å². The molecule has 0 aliphatic heterocycles. The van der Waals surface area contributed by atoms with Gasteiger partial charge in [0, 0.05) is 5.41 Å². The Morgan fingerprint density at radius 3 is 2.33 bits per heavy atom. The number of hydrogen-bond donors (Lipinski definition) is 0. The van der Waals surface area contributed by atoms with Gasteiger partial charge < -0.3 is 0 Å². The van der Waals surface area contributed by atoms with Gasteiger partial charge in [0.2, 0.25) is 0 Å². The van der Waals surface area contributed by atoms with Crippen molar-refractivity contribution in [3.8, 4) is 0 Å². The Morgan fingerprint density at radius 1 is 1.14 bits per heavy atom. The third-order valence-corrected chi connectivity index (χ3v) is 6.95. The zero-order chi connectivity index (χ0) is 14.7. The molecule has 21 heavy (non-hydrogen) atoms. The van der Waals surface area contributed by atoms with Gasteiger partial charge in [-0.15, -0.1) is 0 Å². The lowest BCUT2D eigenvalue weighted by Crippen LogP contribution is -2.57. The van der Waals surface area contributed by atoms with E-state index in [9.17, 15) is 4.79 Å². The van der Waals surface area contributed by atoms with Gasteiger partial charge in [0.1, 0.15) is 5.78 Å². The third kappa shape index (κ3) is 2.05. The smallest absolute Gasteiger partial charge is 0.149 e. The van der Waals surface area contributed by atoms with E-state index in [1.807, 2.05) is 0 Å². The molecular weight excluding hydrogens is 324 g/mol. The summed E-state index contributed by atoms with van der Waals surface area (Å²) < 4.78 is 0. The summed E-state index contributed by atoms with van der Waals surface area (Å²) >= 11 is 3.44. The lowest BCUT2D eigenvalue weighted by molar-refractivity contribution is -0.143. The Morgan fingerprint density at radius 2 is 1.76 bits per heavy atom. The molecule has 112 valence electrons. The van der Waals surface area contributed by atoms with Crippen LogP contribution in [-0.4, -0.2) is 11.1 Å². The molecule has 4 bridgehead atoms. The van der Waals surface area contributed by atoms with E-state index >= 15 is 0 Å². The lowest BCUT2D eigenvalue weighted by Gasteiger charge is -2.61. The van der Waals surface area contributed by atoms with Gasteiger partial charge in [-0.3, -0.25) is 4.79 Å². The number of alkyl halides is 1. The number of benzene rings is 1. The van der Waals surface area contributed by atoms with Crippen LogP contribution in [0.1, 0.15) is 49.7 Å². The van der Waals surface area contributed by atoms with E-state index in [1.54, 1.807) is 0 Å². The summed E-state index contributed by atoms with van der Waals surface area (Å²) in [5, 5.41) is 0.538. The van der Waals surface area contributed by atoms with Crippen molar-refractivity contribution in [2.45, 2.75) is 50.9 Å². The van der Waals surface area contributed by atoms with Crippen molar-refractivity contribution in [2.75, 3.05) is 5.33 Å². The summed E-state index contributed by atoms with van der Waals surface area (Å²) in [6.07, 6.45) is 7.39. The molecule has 0 spiro atoms. The standard InChI is InChI=1S/C19H23BrO/c1-13-2-4-16(5-3-13)18-7-14-6-15(8-18)10-19(9-14,12-18)17(21)11-20/h2-5,14-15H,6-12H2,1H3. The Labute approximate surface area is 135 Å². The molecule has 0 radical (unpaired) electrons. The number of rotatable bonds is 3. The summed E-state index contributed by atoms with van der Waals surface area (Å²) in [4.78, 5) is 12.6. The van der Waals surface area contributed by atoms with Crippen LogP contribution in [0.25, 0.3) is 0 Å². The lowest BCUT2D eigenvalue weighted by atomic mass is 9.42. The second kappa shape index (κ2) is 4.68. The van der Waals surface area contributed by atoms with Gasteiger partial charge in [-0.2, -0.15) is 0 Å². The maximum Gasteiger partial charge on any atom is 0.149 e. The Balaban J connectivity index is 1.76. The fourth-order valence-corrected chi connectivity index (χ4v) is 6.57. The van der Waals surface area contributed by atoms with Crippen molar-refractivity contribution < 1.29 is 4.79 Å². The highest BCUT2D eigenvalue weighted by molar-refractivity contribution is 9.09. The normalized spacial score (nSPS) is 40.5. The van der Waals surface area contributed by atoms with Crippen LogP contribution in [0.15, 0.2) is 24.3 Å². The number of aryl methyl sites for hydroxylation is 1. The molecule has 4 aliphatic carbocycles. The van der Waals surface area contributed by atoms with Crippen LogP contribution < -0.4 is 0 Å². The SMILES string of the molecule is Cc1ccc(C23CC4CC(CC(C(=O)CBr)(C4)C2)C3)cc1. The molecule has 1 aromatic rings. The van der Waals surface area contributed by atoms with E-state index in [0.717, 1.165) is 31.1 Å². The molecule has 4 saturated carbocycles. The van der Waals surface area contributed by atoms with Crippen LogP contribution in [0.4, 0.5) is 0 Å². The van der Waals surface area contributed by atoms with E-state index in [2.05, 4.69) is 47.1 Å². The monoisotopic (exact) mass is 346 g/mol. The second-order valence-electron chi connectivity index (χ2n) is 7.94.